The summed E-state index contributed by atoms with van der Waals surface area (Å²) in [6.45, 7) is 7.33. The van der Waals surface area contributed by atoms with Crippen LogP contribution in [0.2, 0.25) is 5.02 Å². The van der Waals surface area contributed by atoms with Gasteiger partial charge in [-0.25, -0.2) is 0 Å². The van der Waals surface area contributed by atoms with Crippen molar-refractivity contribution in [2.75, 3.05) is 26.3 Å². The van der Waals surface area contributed by atoms with Crippen molar-refractivity contribution in [1.82, 2.24) is 4.90 Å². The smallest absolute Gasteiger partial charge is 0.222 e. The van der Waals surface area contributed by atoms with Crippen molar-refractivity contribution >= 4 is 11.6 Å². The minimum Gasteiger partial charge on any atom is -0.494 e. The van der Waals surface area contributed by atoms with Gasteiger partial charge in [0.2, 0.25) is 5.79 Å². The van der Waals surface area contributed by atoms with Crippen molar-refractivity contribution in [3.8, 4) is 5.75 Å². The van der Waals surface area contributed by atoms with Gasteiger partial charge in [0, 0.05) is 10.6 Å². The Bertz CT molecular complexity index is 937. The van der Waals surface area contributed by atoms with Gasteiger partial charge in [0.1, 0.15) is 30.2 Å². The number of halogens is 1. The molecule has 9 heteroatoms. The Balaban J connectivity index is 2.10. The van der Waals surface area contributed by atoms with Gasteiger partial charge in [-0.3, -0.25) is 4.90 Å². The molecule has 0 amide bonds. The second-order valence-corrected chi connectivity index (χ2v) is 8.73. The average Bonchev–Trinajstić information content (AvgIpc) is 2.85. The second kappa shape index (κ2) is 11.3. The highest BCUT2D eigenvalue weighted by Gasteiger charge is 2.53. The molecule has 1 unspecified atom stereocenters. The minimum atomic E-state index is -2.36. The summed E-state index contributed by atoms with van der Waals surface area (Å²) in [4.78, 5) is 2.19. The molecule has 0 saturated carbocycles. The molecule has 1 fully saturated rings. The highest BCUT2D eigenvalue weighted by molar-refractivity contribution is 6.31. The largest absolute Gasteiger partial charge is 0.494 e. The zero-order chi connectivity index (χ0) is 25.0. The standard InChI is InChI=1S/C25H34ClNO7/c1-4-27(5-2)21(15-7-10-17(11-8-15)33-6-3)18-13-16(9-12-19(18)26)25(32)24(31)23(30)22(29)20(14-28)34-25/h7-13,20-24,28-32H,4-6,14H2,1-3H3/t20-,21?,22-,23+,24-,25+/m1/s1. The molecule has 3 rings (SSSR count). The van der Waals surface area contributed by atoms with E-state index in [0.717, 1.165) is 24.4 Å². The van der Waals surface area contributed by atoms with Crippen LogP contribution >= 0.6 is 11.6 Å². The quantitative estimate of drug-likeness (QED) is 0.357. The zero-order valence-corrected chi connectivity index (χ0v) is 20.4. The molecular formula is C25H34ClNO7. The van der Waals surface area contributed by atoms with Crippen LogP contribution in [0.4, 0.5) is 0 Å². The highest BCUT2D eigenvalue weighted by Crippen LogP contribution is 2.40. The number of nitrogens with zero attached hydrogens (tertiary/aromatic N) is 1. The SMILES string of the molecule is CCOc1ccc(C(c2cc([C@]3(O)O[C@H](CO)[C@@H](O)[C@H](O)[C@H]3O)ccc2Cl)N(CC)CC)cc1. The van der Waals surface area contributed by atoms with E-state index in [-0.39, 0.29) is 11.6 Å². The normalized spacial score (nSPS) is 28.2. The Hall–Kier alpha value is -1.75. The third-order valence-electron chi connectivity index (χ3n) is 6.35. The minimum absolute atomic E-state index is 0.145. The molecule has 188 valence electrons. The number of hydrogen-bond donors (Lipinski definition) is 5. The summed E-state index contributed by atoms with van der Waals surface area (Å²) in [7, 11) is 0. The van der Waals surface area contributed by atoms with Crippen LogP contribution in [0.5, 0.6) is 5.75 Å². The lowest BCUT2D eigenvalue weighted by Crippen LogP contribution is -2.63. The van der Waals surface area contributed by atoms with Gasteiger partial charge >= 0.3 is 0 Å². The molecule has 1 saturated heterocycles. The van der Waals surface area contributed by atoms with E-state index in [2.05, 4.69) is 4.90 Å². The predicted octanol–water partition coefficient (Wildman–Crippen LogP) is 1.79. The van der Waals surface area contributed by atoms with E-state index >= 15 is 0 Å². The van der Waals surface area contributed by atoms with E-state index in [4.69, 9.17) is 21.1 Å². The van der Waals surface area contributed by atoms with E-state index in [1.54, 1.807) is 12.1 Å². The van der Waals surface area contributed by atoms with Crippen molar-refractivity contribution in [1.29, 1.82) is 0 Å². The number of benzene rings is 2. The van der Waals surface area contributed by atoms with Crippen LogP contribution in [-0.2, 0) is 10.5 Å². The molecule has 1 aliphatic heterocycles. The summed E-state index contributed by atoms with van der Waals surface area (Å²) >= 11 is 6.64. The van der Waals surface area contributed by atoms with Gasteiger partial charge in [-0.2, -0.15) is 0 Å². The molecule has 2 aromatic carbocycles. The Morgan fingerprint density at radius 3 is 2.24 bits per heavy atom. The van der Waals surface area contributed by atoms with Gasteiger partial charge in [0.25, 0.3) is 0 Å². The molecule has 0 aromatic heterocycles. The molecule has 1 aliphatic rings. The maximum Gasteiger partial charge on any atom is 0.222 e. The molecule has 8 nitrogen and oxygen atoms in total. The second-order valence-electron chi connectivity index (χ2n) is 8.32. The van der Waals surface area contributed by atoms with Gasteiger partial charge < -0.3 is 35.0 Å². The van der Waals surface area contributed by atoms with Crippen LogP contribution in [0.3, 0.4) is 0 Å². The molecule has 1 heterocycles. The molecule has 2 aromatic rings. The van der Waals surface area contributed by atoms with Gasteiger partial charge in [-0.1, -0.05) is 43.6 Å². The lowest BCUT2D eigenvalue weighted by molar-refractivity contribution is -0.357. The fourth-order valence-corrected chi connectivity index (χ4v) is 4.68. The summed E-state index contributed by atoms with van der Waals surface area (Å²) in [5.74, 6) is -1.61. The van der Waals surface area contributed by atoms with E-state index in [1.165, 1.54) is 6.07 Å². The first-order valence-electron chi connectivity index (χ1n) is 11.5. The van der Waals surface area contributed by atoms with Crippen molar-refractivity contribution < 1.29 is 35.0 Å². The average molecular weight is 496 g/mol. The fourth-order valence-electron chi connectivity index (χ4n) is 4.46. The molecule has 5 N–H and O–H groups in total. The first-order valence-corrected chi connectivity index (χ1v) is 11.9. The number of ether oxygens (including phenoxy) is 2. The predicted molar refractivity (Wildman–Crippen MR) is 128 cm³/mol. The van der Waals surface area contributed by atoms with Gasteiger partial charge in [0.15, 0.2) is 0 Å². The molecule has 34 heavy (non-hydrogen) atoms. The summed E-state index contributed by atoms with van der Waals surface area (Å²) < 4.78 is 11.1. The molecule has 0 aliphatic carbocycles. The van der Waals surface area contributed by atoms with Crippen LogP contribution in [0.25, 0.3) is 0 Å². The van der Waals surface area contributed by atoms with E-state index in [1.807, 2.05) is 45.0 Å². The van der Waals surface area contributed by atoms with Crippen LogP contribution in [0.1, 0.15) is 43.5 Å². The van der Waals surface area contributed by atoms with Crippen molar-refractivity contribution in [2.45, 2.75) is 57.0 Å². The van der Waals surface area contributed by atoms with E-state index in [9.17, 15) is 25.5 Å². The summed E-state index contributed by atoms with van der Waals surface area (Å²) in [6.07, 6.45) is -6.41. The van der Waals surface area contributed by atoms with Crippen LogP contribution in [-0.4, -0.2) is 81.2 Å². The number of aliphatic hydroxyl groups excluding tert-OH is 4. The Morgan fingerprint density at radius 1 is 1.03 bits per heavy atom. The van der Waals surface area contributed by atoms with Gasteiger partial charge in [0.05, 0.1) is 19.3 Å². The topological polar surface area (TPSA) is 123 Å². The third kappa shape index (κ3) is 5.10. The maximum absolute atomic E-state index is 11.3. The first kappa shape index (κ1) is 26.8. The lowest BCUT2D eigenvalue weighted by Gasteiger charge is -2.45. The van der Waals surface area contributed by atoms with Crippen LogP contribution < -0.4 is 4.74 Å². The van der Waals surface area contributed by atoms with E-state index in [0.29, 0.717) is 17.2 Å². The van der Waals surface area contributed by atoms with Crippen molar-refractivity contribution in [3.05, 3.63) is 64.2 Å². The zero-order valence-electron chi connectivity index (χ0n) is 19.6. The molecule has 6 atom stereocenters. The Labute approximate surface area is 204 Å². The third-order valence-corrected chi connectivity index (χ3v) is 6.70. The van der Waals surface area contributed by atoms with Crippen LogP contribution in [0.15, 0.2) is 42.5 Å². The fraction of sp³-hybridized carbons (Fsp3) is 0.520. The van der Waals surface area contributed by atoms with Crippen molar-refractivity contribution in [2.24, 2.45) is 0 Å². The first-order chi connectivity index (χ1) is 16.2. The number of aliphatic hydroxyl groups is 5. The summed E-state index contributed by atoms with van der Waals surface area (Å²) in [5, 5.41) is 52.3. The monoisotopic (exact) mass is 495 g/mol. The highest BCUT2D eigenvalue weighted by atomic mass is 35.5. The number of rotatable bonds is 9. The maximum atomic E-state index is 11.3. The molecule has 0 spiro atoms. The number of hydrogen-bond acceptors (Lipinski definition) is 8. The summed E-state index contributed by atoms with van der Waals surface area (Å²) in [6, 6.07) is 12.1. The van der Waals surface area contributed by atoms with Crippen LogP contribution in [0, 0.1) is 0 Å². The van der Waals surface area contributed by atoms with Gasteiger partial charge in [-0.05, 0) is 55.4 Å². The van der Waals surface area contributed by atoms with Gasteiger partial charge in [-0.15, -0.1) is 0 Å². The Morgan fingerprint density at radius 2 is 1.68 bits per heavy atom. The molecule has 0 radical (unpaired) electrons. The van der Waals surface area contributed by atoms with E-state index < -0.39 is 36.8 Å². The molecule has 0 bridgehead atoms. The molecular weight excluding hydrogens is 462 g/mol. The lowest BCUT2D eigenvalue weighted by atomic mass is 9.86. The van der Waals surface area contributed by atoms with Crippen molar-refractivity contribution in [3.63, 3.8) is 0 Å². The summed E-state index contributed by atoms with van der Waals surface area (Å²) in [5.41, 5.74) is 1.76. The Kier molecular flexibility index (Phi) is 8.94.